The van der Waals surface area contributed by atoms with Gasteiger partial charge in [0.05, 0.1) is 5.56 Å². The Kier molecular flexibility index (Phi) is 3.83. The fourth-order valence-corrected chi connectivity index (χ4v) is 2.63. The number of nitriles is 1. The van der Waals surface area contributed by atoms with Gasteiger partial charge in [-0.15, -0.1) is 0 Å². The second-order valence-electron chi connectivity index (χ2n) is 5.19. The second kappa shape index (κ2) is 5.36. The van der Waals surface area contributed by atoms with Gasteiger partial charge >= 0.3 is 0 Å². The molecule has 0 bridgehead atoms. The molecule has 0 N–H and O–H groups in total. The Hall–Kier alpha value is -1.60. The third-order valence-electron chi connectivity index (χ3n) is 3.48. The summed E-state index contributed by atoms with van der Waals surface area (Å²) in [5.41, 5.74) is 1.74. The highest BCUT2D eigenvalue weighted by atomic mass is 15.3. The smallest absolute Gasteiger partial charge is 0.147 e. The lowest BCUT2D eigenvalue weighted by Gasteiger charge is -2.28. The number of nitrogens with zero attached hydrogens (tertiary/aromatic N) is 4. The molecule has 4 nitrogen and oxygen atoms in total. The van der Waals surface area contributed by atoms with Crippen molar-refractivity contribution >= 4 is 5.82 Å². The van der Waals surface area contributed by atoms with Crippen LogP contribution in [-0.2, 0) is 0 Å². The van der Waals surface area contributed by atoms with E-state index in [9.17, 15) is 5.26 Å². The van der Waals surface area contributed by atoms with Crippen LogP contribution in [0.5, 0.6) is 0 Å². The van der Waals surface area contributed by atoms with Crippen molar-refractivity contribution in [3.8, 4) is 6.07 Å². The molecule has 1 aliphatic rings. The molecule has 2 heterocycles. The van der Waals surface area contributed by atoms with Crippen molar-refractivity contribution in [1.29, 1.82) is 5.26 Å². The zero-order valence-electron chi connectivity index (χ0n) is 11.3. The lowest BCUT2D eigenvalue weighted by molar-refractivity contribution is 0.371. The minimum absolute atomic E-state index is 0.474. The Labute approximate surface area is 109 Å². The first kappa shape index (κ1) is 12.8. The van der Waals surface area contributed by atoms with Gasteiger partial charge in [-0.05, 0) is 45.5 Å². The molecule has 0 radical (unpaired) electrons. The number of hydrogen-bond donors (Lipinski definition) is 0. The molecule has 1 atom stereocenters. The third-order valence-corrected chi connectivity index (χ3v) is 3.48. The molecule has 1 unspecified atom stereocenters. The van der Waals surface area contributed by atoms with Crippen molar-refractivity contribution in [2.45, 2.75) is 25.8 Å². The molecule has 0 amide bonds. The molecule has 2 rings (SSSR count). The lowest BCUT2D eigenvalue weighted by Crippen LogP contribution is -2.38. The van der Waals surface area contributed by atoms with Gasteiger partial charge in [0, 0.05) is 25.3 Å². The van der Waals surface area contributed by atoms with Crippen molar-refractivity contribution in [1.82, 2.24) is 9.88 Å². The Morgan fingerprint density at radius 2 is 2.33 bits per heavy atom. The molecule has 1 aliphatic heterocycles. The Morgan fingerprint density at radius 3 is 3.00 bits per heavy atom. The van der Waals surface area contributed by atoms with E-state index in [1.54, 1.807) is 6.20 Å². The number of aryl methyl sites for hydroxylation is 1. The van der Waals surface area contributed by atoms with E-state index in [4.69, 9.17) is 0 Å². The number of pyridine rings is 1. The summed E-state index contributed by atoms with van der Waals surface area (Å²) in [6.45, 7) is 3.99. The first-order valence-corrected chi connectivity index (χ1v) is 6.40. The SMILES string of the molecule is Cc1ccnc(N2CCCC2CN(C)C)c1C#N. The topological polar surface area (TPSA) is 43.2 Å². The van der Waals surface area contributed by atoms with E-state index < -0.39 is 0 Å². The predicted molar refractivity (Wildman–Crippen MR) is 72.6 cm³/mol. The summed E-state index contributed by atoms with van der Waals surface area (Å²) >= 11 is 0. The van der Waals surface area contributed by atoms with Crippen molar-refractivity contribution in [2.75, 3.05) is 32.1 Å². The summed E-state index contributed by atoms with van der Waals surface area (Å²) < 4.78 is 0. The quantitative estimate of drug-likeness (QED) is 0.813. The monoisotopic (exact) mass is 244 g/mol. The molecule has 4 heteroatoms. The fraction of sp³-hybridized carbons (Fsp3) is 0.571. The molecule has 1 fully saturated rings. The zero-order chi connectivity index (χ0) is 13.1. The van der Waals surface area contributed by atoms with Crippen LogP contribution in [0, 0.1) is 18.3 Å². The van der Waals surface area contributed by atoms with E-state index >= 15 is 0 Å². The minimum atomic E-state index is 0.474. The number of aromatic nitrogens is 1. The summed E-state index contributed by atoms with van der Waals surface area (Å²) in [7, 11) is 4.18. The van der Waals surface area contributed by atoms with Gasteiger partial charge in [0.25, 0.3) is 0 Å². The summed E-state index contributed by atoms with van der Waals surface area (Å²) in [5, 5.41) is 9.30. The average molecular weight is 244 g/mol. The van der Waals surface area contributed by atoms with Crippen LogP contribution >= 0.6 is 0 Å². The Morgan fingerprint density at radius 1 is 1.56 bits per heavy atom. The lowest BCUT2D eigenvalue weighted by atomic mass is 10.1. The van der Waals surface area contributed by atoms with E-state index in [1.807, 2.05) is 13.0 Å². The average Bonchev–Trinajstić information content (AvgIpc) is 2.75. The molecular formula is C14H20N4. The van der Waals surface area contributed by atoms with Crippen LogP contribution in [0.4, 0.5) is 5.82 Å². The zero-order valence-corrected chi connectivity index (χ0v) is 11.3. The molecule has 0 aliphatic carbocycles. The molecular weight excluding hydrogens is 224 g/mol. The van der Waals surface area contributed by atoms with Gasteiger partial charge in [-0.3, -0.25) is 0 Å². The highest BCUT2D eigenvalue weighted by Crippen LogP contribution is 2.28. The number of anilines is 1. The van der Waals surface area contributed by atoms with Crippen molar-refractivity contribution in [3.05, 3.63) is 23.4 Å². The fourth-order valence-electron chi connectivity index (χ4n) is 2.63. The standard InChI is InChI=1S/C14H20N4/c1-11-6-7-16-14(13(11)9-15)18-8-4-5-12(18)10-17(2)3/h6-7,12H,4-5,8,10H2,1-3H3. The van der Waals surface area contributed by atoms with Gasteiger partial charge in [-0.25, -0.2) is 4.98 Å². The van der Waals surface area contributed by atoms with Gasteiger partial charge < -0.3 is 9.80 Å². The Bertz CT molecular complexity index is 461. The number of likely N-dealkylation sites (N-methyl/N-ethyl adjacent to an activating group) is 1. The molecule has 1 saturated heterocycles. The normalized spacial score (nSPS) is 19.3. The van der Waals surface area contributed by atoms with Gasteiger partial charge in [-0.2, -0.15) is 5.26 Å². The van der Waals surface area contributed by atoms with Crippen LogP contribution < -0.4 is 4.90 Å². The van der Waals surface area contributed by atoms with E-state index in [-0.39, 0.29) is 0 Å². The first-order valence-electron chi connectivity index (χ1n) is 6.40. The third kappa shape index (κ3) is 2.46. The van der Waals surface area contributed by atoms with Gasteiger partial charge in [-0.1, -0.05) is 0 Å². The molecule has 18 heavy (non-hydrogen) atoms. The molecule has 0 aromatic carbocycles. The molecule has 96 valence electrons. The summed E-state index contributed by atoms with van der Waals surface area (Å²) in [5.74, 6) is 0.863. The van der Waals surface area contributed by atoms with Crippen LogP contribution in [-0.4, -0.2) is 43.1 Å². The maximum atomic E-state index is 9.30. The van der Waals surface area contributed by atoms with Crippen molar-refractivity contribution in [3.63, 3.8) is 0 Å². The first-order chi connectivity index (χ1) is 8.63. The van der Waals surface area contributed by atoms with Gasteiger partial charge in [0.15, 0.2) is 0 Å². The minimum Gasteiger partial charge on any atom is -0.351 e. The van der Waals surface area contributed by atoms with E-state index in [0.717, 1.165) is 30.0 Å². The van der Waals surface area contributed by atoms with Crippen LogP contribution in [0.3, 0.4) is 0 Å². The second-order valence-corrected chi connectivity index (χ2v) is 5.19. The maximum absolute atomic E-state index is 9.30. The largest absolute Gasteiger partial charge is 0.351 e. The predicted octanol–water partition coefficient (Wildman–Crippen LogP) is 1.79. The van der Waals surface area contributed by atoms with Crippen LogP contribution in [0.2, 0.25) is 0 Å². The van der Waals surface area contributed by atoms with Crippen molar-refractivity contribution in [2.24, 2.45) is 0 Å². The summed E-state index contributed by atoms with van der Waals surface area (Å²) in [4.78, 5) is 8.93. The van der Waals surface area contributed by atoms with E-state index in [0.29, 0.717) is 6.04 Å². The van der Waals surface area contributed by atoms with Crippen LogP contribution in [0.1, 0.15) is 24.0 Å². The molecule has 0 saturated carbocycles. The van der Waals surface area contributed by atoms with Gasteiger partial charge in [0.1, 0.15) is 11.9 Å². The molecule has 1 aromatic rings. The van der Waals surface area contributed by atoms with Crippen LogP contribution in [0.15, 0.2) is 12.3 Å². The molecule has 0 spiro atoms. The number of rotatable bonds is 3. The highest BCUT2D eigenvalue weighted by Gasteiger charge is 2.28. The summed E-state index contributed by atoms with van der Waals surface area (Å²) in [6.07, 6.45) is 4.16. The summed E-state index contributed by atoms with van der Waals surface area (Å²) in [6, 6.07) is 4.67. The van der Waals surface area contributed by atoms with Gasteiger partial charge in [0.2, 0.25) is 0 Å². The van der Waals surface area contributed by atoms with E-state index in [2.05, 4.69) is 34.9 Å². The molecule has 1 aromatic heterocycles. The van der Waals surface area contributed by atoms with Crippen molar-refractivity contribution < 1.29 is 0 Å². The van der Waals surface area contributed by atoms with E-state index in [1.165, 1.54) is 12.8 Å². The Balaban J connectivity index is 2.31. The highest BCUT2D eigenvalue weighted by molar-refractivity contribution is 5.58. The maximum Gasteiger partial charge on any atom is 0.147 e. The number of hydrogen-bond acceptors (Lipinski definition) is 4. The van der Waals surface area contributed by atoms with Crippen LogP contribution in [0.25, 0.3) is 0 Å².